The van der Waals surface area contributed by atoms with Crippen molar-refractivity contribution in [2.45, 2.75) is 61.3 Å². The molecule has 6 aromatic rings. The molecule has 0 aliphatic heterocycles. The van der Waals surface area contributed by atoms with Crippen LogP contribution in [-0.2, 0) is 0 Å². The van der Waals surface area contributed by atoms with E-state index in [-0.39, 0.29) is 0 Å². The van der Waals surface area contributed by atoms with Crippen LogP contribution in [0, 0.1) is 13.8 Å². The van der Waals surface area contributed by atoms with Gasteiger partial charge in [0.2, 0.25) is 0 Å². The Morgan fingerprint density at radius 2 is 0.818 bits per heavy atom. The summed E-state index contributed by atoms with van der Waals surface area (Å²) in [6.07, 6.45) is 17.6. The van der Waals surface area contributed by atoms with Gasteiger partial charge < -0.3 is 9.80 Å². The van der Waals surface area contributed by atoms with Gasteiger partial charge in [-0.3, -0.25) is 0 Å². The second kappa shape index (κ2) is 22.8. The predicted octanol–water partition coefficient (Wildman–Crippen LogP) is 16.3. The van der Waals surface area contributed by atoms with Gasteiger partial charge in [-0.05, 0) is 122 Å². The Balaban J connectivity index is 0.000000228. The van der Waals surface area contributed by atoms with E-state index in [0.717, 1.165) is 24.2 Å². The number of rotatable bonds is 9. The SMILES string of the molecule is CC.CC.CC=Cc1ccc(N(c2ccccc2)c2ccccc2C)cc1.Cc1ccccc1N(c1ccccc1)c1ccc(C=CC2=CCCC=C2)cc1. The van der Waals surface area contributed by atoms with E-state index < -0.39 is 0 Å². The minimum atomic E-state index is 1.14. The van der Waals surface area contributed by atoms with Crippen molar-refractivity contribution in [1.29, 1.82) is 0 Å². The van der Waals surface area contributed by atoms with Gasteiger partial charge in [0.25, 0.3) is 0 Å². The van der Waals surface area contributed by atoms with Crippen molar-refractivity contribution >= 4 is 46.3 Å². The van der Waals surface area contributed by atoms with E-state index in [1.807, 2.05) is 34.6 Å². The Bertz CT molecular complexity index is 2100. The third-order valence-electron chi connectivity index (χ3n) is 8.90. The summed E-state index contributed by atoms with van der Waals surface area (Å²) < 4.78 is 0. The summed E-state index contributed by atoms with van der Waals surface area (Å²) in [6.45, 7) is 14.4. The molecule has 6 aromatic carbocycles. The van der Waals surface area contributed by atoms with E-state index >= 15 is 0 Å². The largest absolute Gasteiger partial charge is 0.310 e. The van der Waals surface area contributed by atoms with Crippen LogP contribution in [0.1, 0.15) is 69.7 Å². The molecule has 2 nitrogen and oxygen atoms in total. The van der Waals surface area contributed by atoms with E-state index in [9.17, 15) is 0 Å². The fourth-order valence-corrected chi connectivity index (χ4v) is 6.25. The van der Waals surface area contributed by atoms with E-state index in [2.05, 4.69) is 224 Å². The molecule has 0 heterocycles. The van der Waals surface area contributed by atoms with Crippen molar-refractivity contribution in [2.24, 2.45) is 0 Å². The Labute approximate surface area is 332 Å². The quantitative estimate of drug-likeness (QED) is 0.147. The van der Waals surface area contributed by atoms with Crippen LogP contribution in [0.3, 0.4) is 0 Å². The molecule has 0 unspecified atom stereocenters. The van der Waals surface area contributed by atoms with E-state index in [1.165, 1.54) is 50.6 Å². The average molecular weight is 723 g/mol. The summed E-state index contributed by atoms with van der Waals surface area (Å²) in [7, 11) is 0. The normalized spacial score (nSPS) is 11.7. The predicted molar refractivity (Wildman–Crippen MR) is 245 cm³/mol. The lowest BCUT2D eigenvalue weighted by Gasteiger charge is -2.27. The highest BCUT2D eigenvalue weighted by molar-refractivity contribution is 5.80. The molecule has 0 saturated heterocycles. The lowest BCUT2D eigenvalue weighted by molar-refractivity contribution is 1.03. The first kappa shape index (κ1) is 41.6. The lowest BCUT2D eigenvalue weighted by atomic mass is 10.1. The first-order valence-corrected chi connectivity index (χ1v) is 19.8. The van der Waals surface area contributed by atoms with Crippen LogP contribution in [-0.4, -0.2) is 0 Å². The molecule has 0 fully saturated rings. The summed E-state index contributed by atoms with van der Waals surface area (Å²) in [4.78, 5) is 4.62. The van der Waals surface area contributed by atoms with Crippen molar-refractivity contribution < 1.29 is 0 Å². The van der Waals surface area contributed by atoms with Crippen LogP contribution in [0.25, 0.3) is 12.2 Å². The summed E-state index contributed by atoms with van der Waals surface area (Å²) in [5.74, 6) is 0. The lowest BCUT2D eigenvalue weighted by Crippen LogP contribution is -2.11. The molecule has 0 atom stereocenters. The van der Waals surface area contributed by atoms with Crippen molar-refractivity contribution in [2.75, 3.05) is 9.80 Å². The zero-order valence-electron chi connectivity index (χ0n) is 33.9. The standard InChI is InChI=1S/C27H25N.C22H21N.2C2H6/c1-22-10-8-9-15-27(22)28(25-13-6-3-7-14-25)26-20-18-24(19-21-26)17-16-23-11-4-2-5-12-23;1-3-9-19-14-16-21(17-15-19)23(20-11-5-4-6-12-20)22-13-8-7-10-18(22)2;2*1-2/h3-4,6-21H,2,5H2,1H3;3-17H,1-2H3;2*1-2H3. The number of anilines is 6. The van der Waals surface area contributed by atoms with Gasteiger partial charge in [-0.1, -0.05) is 167 Å². The zero-order valence-corrected chi connectivity index (χ0v) is 33.9. The Hall–Kier alpha value is -6.12. The van der Waals surface area contributed by atoms with Gasteiger partial charge >= 0.3 is 0 Å². The molecule has 55 heavy (non-hydrogen) atoms. The van der Waals surface area contributed by atoms with E-state index in [1.54, 1.807) is 0 Å². The molecule has 0 saturated carbocycles. The third kappa shape index (κ3) is 11.9. The minimum Gasteiger partial charge on any atom is -0.310 e. The molecule has 0 aromatic heterocycles. The molecule has 0 N–H and O–H groups in total. The molecule has 0 amide bonds. The van der Waals surface area contributed by atoms with Gasteiger partial charge in [0.1, 0.15) is 0 Å². The van der Waals surface area contributed by atoms with Crippen molar-refractivity contribution in [3.63, 3.8) is 0 Å². The molecule has 0 bridgehead atoms. The number of hydrogen-bond acceptors (Lipinski definition) is 2. The smallest absolute Gasteiger partial charge is 0.0490 e. The van der Waals surface area contributed by atoms with Crippen LogP contribution in [0.2, 0.25) is 0 Å². The Morgan fingerprint density at radius 3 is 1.22 bits per heavy atom. The van der Waals surface area contributed by atoms with Gasteiger partial charge in [-0.15, -0.1) is 0 Å². The van der Waals surface area contributed by atoms with Crippen molar-refractivity contribution in [1.82, 2.24) is 0 Å². The number of benzene rings is 6. The minimum absolute atomic E-state index is 1.14. The topological polar surface area (TPSA) is 6.48 Å². The molecule has 2 heteroatoms. The summed E-state index contributed by atoms with van der Waals surface area (Å²) in [6, 6.07) is 55.5. The Kier molecular flexibility index (Phi) is 17.3. The molecular weight excluding hydrogens is 665 g/mol. The van der Waals surface area contributed by atoms with Gasteiger partial charge in [-0.25, -0.2) is 0 Å². The monoisotopic (exact) mass is 722 g/mol. The van der Waals surface area contributed by atoms with Crippen molar-refractivity contribution in [3.8, 4) is 0 Å². The number of nitrogens with zero attached hydrogens (tertiary/aromatic N) is 2. The van der Waals surface area contributed by atoms with Crippen LogP contribution in [0.4, 0.5) is 34.1 Å². The summed E-state index contributed by atoms with van der Waals surface area (Å²) in [5, 5.41) is 0. The Morgan fingerprint density at radius 1 is 0.418 bits per heavy atom. The van der Waals surface area contributed by atoms with Crippen LogP contribution in [0.15, 0.2) is 194 Å². The van der Waals surface area contributed by atoms with Crippen LogP contribution in [0.5, 0.6) is 0 Å². The number of aryl methyl sites for hydroxylation is 2. The highest BCUT2D eigenvalue weighted by Crippen LogP contribution is 2.37. The maximum Gasteiger partial charge on any atom is 0.0490 e. The maximum atomic E-state index is 2.31. The molecule has 0 radical (unpaired) electrons. The summed E-state index contributed by atoms with van der Waals surface area (Å²) in [5.41, 5.74) is 13.3. The van der Waals surface area contributed by atoms with Gasteiger partial charge in [-0.2, -0.15) is 0 Å². The second-order valence-electron chi connectivity index (χ2n) is 12.6. The molecular formula is C53H58N2. The first-order chi connectivity index (χ1) is 27.1. The van der Waals surface area contributed by atoms with Gasteiger partial charge in [0.15, 0.2) is 0 Å². The van der Waals surface area contributed by atoms with E-state index in [0.29, 0.717) is 0 Å². The zero-order chi connectivity index (χ0) is 39.3. The second-order valence-corrected chi connectivity index (χ2v) is 12.6. The van der Waals surface area contributed by atoms with Gasteiger partial charge in [0.05, 0.1) is 0 Å². The first-order valence-electron chi connectivity index (χ1n) is 19.8. The highest BCUT2D eigenvalue weighted by atomic mass is 15.1. The number of hydrogen-bond donors (Lipinski definition) is 0. The molecule has 1 aliphatic carbocycles. The van der Waals surface area contributed by atoms with Crippen molar-refractivity contribution in [3.05, 3.63) is 216 Å². The van der Waals surface area contributed by atoms with E-state index in [4.69, 9.17) is 0 Å². The third-order valence-corrected chi connectivity index (χ3v) is 8.90. The maximum absolute atomic E-state index is 2.31. The average Bonchev–Trinajstić information content (AvgIpc) is 3.26. The molecule has 1 aliphatic rings. The molecule has 280 valence electrons. The van der Waals surface area contributed by atoms with Crippen LogP contribution >= 0.6 is 0 Å². The van der Waals surface area contributed by atoms with Crippen LogP contribution < -0.4 is 9.80 Å². The fourth-order valence-electron chi connectivity index (χ4n) is 6.25. The van der Waals surface area contributed by atoms with Gasteiger partial charge in [0, 0.05) is 34.1 Å². The summed E-state index contributed by atoms with van der Waals surface area (Å²) >= 11 is 0. The number of allylic oxidation sites excluding steroid dienone is 6. The fraction of sp³-hybridized carbons (Fsp3) is 0.170. The molecule has 0 spiro atoms. The number of para-hydroxylation sites is 4. The highest BCUT2D eigenvalue weighted by Gasteiger charge is 2.15. The molecule has 7 rings (SSSR count).